The van der Waals surface area contributed by atoms with Crippen molar-refractivity contribution in [1.82, 2.24) is 35.0 Å². The Hall–Kier alpha value is -4.48. The number of aromatic amines is 1. The van der Waals surface area contributed by atoms with Crippen LogP contribution in [0, 0.1) is 13.8 Å². The summed E-state index contributed by atoms with van der Waals surface area (Å²) in [6, 6.07) is 15.6. The number of hydrogen-bond donors (Lipinski definition) is 1. The van der Waals surface area contributed by atoms with Crippen molar-refractivity contribution in [2.45, 2.75) is 33.0 Å². The first-order valence-corrected chi connectivity index (χ1v) is 13.8. The first-order valence-electron chi connectivity index (χ1n) is 13.8. The Kier molecular flexibility index (Phi) is 6.52. The first kappa shape index (κ1) is 25.5. The van der Waals surface area contributed by atoms with E-state index in [1.807, 2.05) is 37.3 Å². The molecule has 11 nitrogen and oxygen atoms in total. The smallest absolute Gasteiger partial charge is 0.253 e. The van der Waals surface area contributed by atoms with Crippen LogP contribution in [-0.2, 0) is 13.1 Å². The SMILES string of the molecule is Cc1cc(C)c2cc(C(c3nnnn3Cc3ccco3)N3CCN(Cc4ccc5c(c4)OCO5)CC3)c(=O)[nH]c2c1. The van der Waals surface area contributed by atoms with Crippen molar-refractivity contribution in [2.24, 2.45) is 0 Å². The molecule has 0 aliphatic carbocycles. The average molecular weight is 554 g/mol. The van der Waals surface area contributed by atoms with Gasteiger partial charge in [0.1, 0.15) is 18.3 Å². The van der Waals surface area contributed by atoms with Gasteiger partial charge in [0.15, 0.2) is 17.3 Å². The standard InChI is InChI=1S/C30H31N7O4/c1-19-12-20(2)23-15-24(30(38)31-25(23)13-19)28(29-32-33-34-37(29)17-22-4-3-11-39-22)36-9-7-35(8-10-36)16-21-5-6-26-27(14-21)41-18-40-26/h3-6,11-15,28H,7-10,16-18H2,1-2H3,(H,31,38). The zero-order valence-corrected chi connectivity index (χ0v) is 23.0. The van der Waals surface area contributed by atoms with Gasteiger partial charge in [-0.15, -0.1) is 5.10 Å². The third-order valence-electron chi connectivity index (χ3n) is 7.94. The Labute approximate surface area is 236 Å². The highest BCUT2D eigenvalue weighted by atomic mass is 16.7. The molecule has 0 radical (unpaired) electrons. The number of tetrazole rings is 1. The molecule has 2 aliphatic heterocycles. The Balaban J connectivity index is 1.20. The topological polar surface area (TPSA) is 115 Å². The van der Waals surface area contributed by atoms with E-state index < -0.39 is 6.04 Å². The van der Waals surface area contributed by atoms with Crippen molar-refractivity contribution in [3.63, 3.8) is 0 Å². The summed E-state index contributed by atoms with van der Waals surface area (Å²) in [5.74, 6) is 2.94. The second-order valence-electron chi connectivity index (χ2n) is 10.8. The average Bonchev–Trinajstić information content (AvgIpc) is 3.73. The second kappa shape index (κ2) is 10.5. The fraction of sp³-hybridized carbons (Fsp3) is 0.333. The quantitative estimate of drug-likeness (QED) is 0.324. The lowest BCUT2D eigenvalue weighted by Gasteiger charge is -2.38. The molecule has 0 amide bonds. The third kappa shape index (κ3) is 4.98. The molecule has 41 heavy (non-hydrogen) atoms. The van der Waals surface area contributed by atoms with Gasteiger partial charge in [0.05, 0.1) is 6.26 Å². The van der Waals surface area contributed by atoms with E-state index in [2.05, 4.69) is 55.4 Å². The monoisotopic (exact) mass is 553 g/mol. The first-order chi connectivity index (χ1) is 20.0. The van der Waals surface area contributed by atoms with Crippen LogP contribution in [0.15, 0.2) is 64.0 Å². The third-order valence-corrected chi connectivity index (χ3v) is 7.94. The van der Waals surface area contributed by atoms with Crippen molar-refractivity contribution in [2.75, 3.05) is 33.0 Å². The summed E-state index contributed by atoms with van der Waals surface area (Å²) in [7, 11) is 0. The molecule has 1 saturated heterocycles. The van der Waals surface area contributed by atoms with E-state index in [0.717, 1.165) is 72.0 Å². The van der Waals surface area contributed by atoms with Gasteiger partial charge >= 0.3 is 0 Å². The molecule has 7 rings (SSSR count). The van der Waals surface area contributed by atoms with E-state index in [9.17, 15) is 4.79 Å². The molecule has 2 aliphatic rings. The molecule has 0 bridgehead atoms. The molecule has 1 unspecified atom stereocenters. The number of nitrogens with one attached hydrogen (secondary N) is 1. The summed E-state index contributed by atoms with van der Waals surface area (Å²) >= 11 is 0. The van der Waals surface area contributed by atoms with Gasteiger partial charge in [0.25, 0.3) is 5.56 Å². The van der Waals surface area contributed by atoms with Crippen molar-refractivity contribution in [3.8, 4) is 11.5 Å². The fourth-order valence-electron chi connectivity index (χ4n) is 5.94. The Morgan fingerprint density at radius 3 is 2.66 bits per heavy atom. The van der Waals surface area contributed by atoms with E-state index >= 15 is 0 Å². The minimum atomic E-state index is -0.429. The number of pyridine rings is 1. The summed E-state index contributed by atoms with van der Waals surface area (Å²) in [4.78, 5) is 21.5. The highest BCUT2D eigenvalue weighted by Crippen LogP contribution is 2.33. The van der Waals surface area contributed by atoms with Crippen molar-refractivity contribution < 1.29 is 13.9 Å². The van der Waals surface area contributed by atoms with Crippen LogP contribution in [0.2, 0.25) is 0 Å². The largest absolute Gasteiger partial charge is 0.467 e. The number of fused-ring (bicyclic) bond motifs is 2. The lowest BCUT2D eigenvalue weighted by Crippen LogP contribution is -2.48. The number of aromatic nitrogens is 5. The molecule has 1 N–H and O–H groups in total. The van der Waals surface area contributed by atoms with Crippen molar-refractivity contribution in [3.05, 3.63) is 99.0 Å². The molecule has 0 spiro atoms. The zero-order valence-electron chi connectivity index (χ0n) is 23.0. The maximum Gasteiger partial charge on any atom is 0.253 e. The van der Waals surface area contributed by atoms with Gasteiger partial charge in [-0.1, -0.05) is 12.1 Å². The van der Waals surface area contributed by atoms with Crippen LogP contribution >= 0.6 is 0 Å². The second-order valence-corrected chi connectivity index (χ2v) is 10.8. The van der Waals surface area contributed by atoms with Gasteiger partial charge in [0.2, 0.25) is 6.79 Å². The normalized spacial score (nSPS) is 16.4. The highest BCUT2D eigenvalue weighted by molar-refractivity contribution is 5.83. The van der Waals surface area contributed by atoms with Crippen LogP contribution in [0.4, 0.5) is 0 Å². The highest BCUT2D eigenvalue weighted by Gasteiger charge is 2.33. The molecule has 0 saturated carbocycles. The summed E-state index contributed by atoms with van der Waals surface area (Å²) in [6.07, 6.45) is 1.63. The summed E-state index contributed by atoms with van der Waals surface area (Å²) in [5.41, 5.74) is 4.72. The molecule has 3 aromatic heterocycles. The van der Waals surface area contributed by atoms with Crippen LogP contribution in [0.3, 0.4) is 0 Å². The van der Waals surface area contributed by atoms with Gasteiger partial charge in [0, 0.05) is 49.2 Å². The van der Waals surface area contributed by atoms with Crippen molar-refractivity contribution >= 4 is 10.9 Å². The van der Waals surface area contributed by atoms with Gasteiger partial charge in [-0.25, -0.2) is 4.68 Å². The minimum Gasteiger partial charge on any atom is -0.467 e. The van der Waals surface area contributed by atoms with Gasteiger partial charge in [-0.05, 0) is 77.4 Å². The molecule has 210 valence electrons. The number of benzene rings is 2. The summed E-state index contributed by atoms with van der Waals surface area (Å²) in [5, 5.41) is 13.8. The number of furan rings is 1. The molecule has 1 fully saturated rings. The predicted octanol–water partition coefficient (Wildman–Crippen LogP) is 3.41. The van der Waals surface area contributed by atoms with Crippen LogP contribution in [0.25, 0.3) is 10.9 Å². The molecule has 5 aromatic rings. The van der Waals surface area contributed by atoms with Crippen LogP contribution in [0.1, 0.15) is 39.9 Å². The van der Waals surface area contributed by atoms with Gasteiger partial charge in [-0.2, -0.15) is 0 Å². The van der Waals surface area contributed by atoms with E-state index in [1.165, 1.54) is 5.56 Å². The number of piperazine rings is 1. The molecule has 2 aromatic carbocycles. The number of H-pyrrole nitrogens is 1. The van der Waals surface area contributed by atoms with E-state index in [-0.39, 0.29) is 12.4 Å². The molecule has 5 heterocycles. The lowest BCUT2D eigenvalue weighted by atomic mass is 9.99. The predicted molar refractivity (Wildman–Crippen MR) is 151 cm³/mol. The Bertz CT molecular complexity index is 1750. The number of rotatable bonds is 7. The Morgan fingerprint density at radius 2 is 1.83 bits per heavy atom. The van der Waals surface area contributed by atoms with E-state index in [4.69, 9.17) is 13.9 Å². The number of ether oxygens (including phenoxy) is 2. The molecular weight excluding hydrogens is 522 g/mol. The number of hydrogen-bond acceptors (Lipinski definition) is 9. The van der Waals surface area contributed by atoms with Crippen LogP contribution < -0.4 is 15.0 Å². The van der Waals surface area contributed by atoms with Gasteiger partial charge in [-0.3, -0.25) is 14.6 Å². The summed E-state index contributed by atoms with van der Waals surface area (Å²) < 4.78 is 18.3. The number of aryl methyl sites for hydroxylation is 2. The van der Waals surface area contributed by atoms with E-state index in [0.29, 0.717) is 17.9 Å². The Morgan fingerprint density at radius 1 is 0.976 bits per heavy atom. The summed E-state index contributed by atoms with van der Waals surface area (Å²) in [6.45, 7) is 8.70. The minimum absolute atomic E-state index is 0.136. The maximum absolute atomic E-state index is 13.7. The van der Waals surface area contributed by atoms with Crippen LogP contribution in [-0.4, -0.2) is 68.0 Å². The molecule has 1 atom stereocenters. The lowest BCUT2D eigenvalue weighted by molar-refractivity contribution is 0.0997. The van der Waals surface area contributed by atoms with E-state index in [1.54, 1.807) is 10.9 Å². The molecule has 11 heteroatoms. The van der Waals surface area contributed by atoms with Gasteiger partial charge < -0.3 is 18.9 Å². The molecular formula is C30H31N7O4. The van der Waals surface area contributed by atoms with Crippen LogP contribution in [0.5, 0.6) is 11.5 Å². The maximum atomic E-state index is 13.7. The fourth-order valence-corrected chi connectivity index (χ4v) is 5.94. The zero-order chi connectivity index (χ0) is 27.9. The van der Waals surface area contributed by atoms with Crippen molar-refractivity contribution in [1.29, 1.82) is 0 Å². The number of nitrogens with zero attached hydrogens (tertiary/aromatic N) is 6.